The van der Waals surface area contributed by atoms with Gasteiger partial charge in [-0.2, -0.15) is 18.6 Å². The van der Waals surface area contributed by atoms with E-state index in [9.17, 15) is 31.5 Å². The summed E-state index contributed by atoms with van der Waals surface area (Å²) in [5, 5.41) is 22.0. The van der Waals surface area contributed by atoms with E-state index in [1.54, 1.807) is 55.5 Å². The number of azo groups is 1. The van der Waals surface area contributed by atoms with Gasteiger partial charge in [0.25, 0.3) is 5.69 Å². The quantitative estimate of drug-likeness (QED) is 0.0734. The van der Waals surface area contributed by atoms with E-state index in [1.165, 1.54) is 18.2 Å². The molecule has 12 nitrogen and oxygen atoms in total. The molecule has 1 N–H and O–H groups in total. The number of hydrogen-bond donors (Lipinski definition) is 1. The van der Waals surface area contributed by atoms with Gasteiger partial charge in [-0.15, -0.1) is 0 Å². The number of nitro benzene ring substituents is 1. The molecule has 0 saturated heterocycles. The molecule has 0 aliphatic heterocycles. The van der Waals surface area contributed by atoms with Crippen molar-refractivity contribution in [3.05, 3.63) is 106 Å². The molecule has 4 rings (SSSR count). The van der Waals surface area contributed by atoms with E-state index < -0.39 is 35.7 Å². The molecule has 206 valence electrons. The van der Waals surface area contributed by atoms with Crippen molar-refractivity contribution in [1.82, 2.24) is 0 Å². The first-order chi connectivity index (χ1) is 18.8. The maximum atomic E-state index is 12.6. The Bertz CT molecular complexity index is 1830. The number of hydrogen-bond acceptors (Lipinski definition) is 11. The van der Waals surface area contributed by atoms with Crippen LogP contribution in [0.25, 0.3) is 0 Å². The van der Waals surface area contributed by atoms with Crippen LogP contribution in [0.15, 0.2) is 105 Å². The standard InChI is InChI=1S/C26H22N4O8S2.K/c1-17-3-11-23(12-4-17)40(36,37)38-25-14-9-21(15-18(25)2)29-28-20-7-5-19(6-8-20)27-24-13-10-22(30(31)32)16-26(24)39(33,34)35;/h3-16,27H,1-2H3,(H,33,34,35);/q;+1/p-1. The molecule has 41 heavy (non-hydrogen) atoms. The summed E-state index contributed by atoms with van der Waals surface area (Å²) in [6.07, 6.45) is 0. The van der Waals surface area contributed by atoms with E-state index >= 15 is 0 Å². The van der Waals surface area contributed by atoms with Crippen molar-refractivity contribution in [1.29, 1.82) is 0 Å². The molecular weight excluding hydrogens is 600 g/mol. The second-order valence-electron chi connectivity index (χ2n) is 8.56. The molecule has 0 bridgehead atoms. The van der Waals surface area contributed by atoms with Crippen molar-refractivity contribution in [3.63, 3.8) is 0 Å². The normalized spacial score (nSPS) is 11.6. The number of aryl methyl sites for hydroxylation is 2. The van der Waals surface area contributed by atoms with E-state index in [4.69, 9.17) is 4.18 Å². The number of nitro groups is 1. The fourth-order valence-electron chi connectivity index (χ4n) is 3.48. The van der Waals surface area contributed by atoms with Crippen LogP contribution in [0.2, 0.25) is 0 Å². The van der Waals surface area contributed by atoms with E-state index in [0.29, 0.717) is 28.7 Å². The molecule has 0 aromatic heterocycles. The molecule has 0 aliphatic rings. The maximum absolute atomic E-state index is 12.6. The largest absolute Gasteiger partial charge is 1.00 e. The summed E-state index contributed by atoms with van der Waals surface area (Å²) in [5.41, 5.74) is 2.07. The molecule has 0 fully saturated rings. The summed E-state index contributed by atoms with van der Waals surface area (Å²) in [5.74, 6) is 0.153. The maximum Gasteiger partial charge on any atom is 1.00 e. The molecule has 0 aliphatic carbocycles. The van der Waals surface area contributed by atoms with Crippen LogP contribution in [0, 0.1) is 24.0 Å². The zero-order chi connectivity index (χ0) is 29.1. The molecule has 0 spiro atoms. The van der Waals surface area contributed by atoms with Crippen molar-refractivity contribution in [3.8, 4) is 5.75 Å². The minimum atomic E-state index is -4.98. The summed E-state index contributed by atoms with van der Waals surface area (Å²) >= 11 is 0. The van der Waals surface area contributed by atoms with Gasteiger partial charge in [0.15, 0.2) is 0 Å². The van der Waals surface area contributed by atoms with Crippen molar-refractivity contribution in [2.75, 3.05) is 5.32 Å². The fourth-order valence-corrected chi connectivity index (χ4v) is 5.12. The van der Waals surface area contributed by atoms with Gasteiger partial charge in [0, 0.05) is 17.8 Å². The van der Waals surface area contributed by atoms with Crippen molar-refractivity contribution in [2.24, 2.45) is 10.2 Å². The Hall–Kier alpha value is -3.02. The van der Waals surface area contributed by atoms with Gasteiger partial charge in [-0.3, -0.25) is 10.1 Å². The number of benzene rings is 4. The molecule has 4 aromatic carbocycles. The Balaban J connectivity index is 0.00000462. The van der Waals surface area contributed by atoms with Crippen LogP contribution in [-0.4, -0.2) is 26.3 Å². The van der Waals surface area contributed by atoms with Gasteiger partial charge in [0.2, 0.25) is 0 Å². The van der Waals surface area contributed by atoms with Gasteiger partial charge >= 0.3 is 61.5 Å². The zero-order valence-corrected chi connectivity index (χ0v) is 26.8. The summed E-state index contributed by atoms with van der Waals surface area (Å²) in [6.45, 7) is 3.52. The third-order valence-corrected chi connectivity index (χ3v) is 7.67. The van der Waals surface area contributed by atoms with Gasteiger partial charge in [0.1, 0.15) is 20.8 Å². The summed E-state index contributed by atoms with van der Waals surface area (Å²) in [4.78, 5) is 9.44. The second kappa shape index (κ2) is 13.3. The van der Waals surface area contributed by atoms with Crippen molar-refractivity contribution >= 4 is 48.7 Å². The van der Waals surface area contributed by atoms with E-state index in [2.05, 4.69) is 15.5 Å². The van der Waals surface area contributed by atoms with Crippen molar-refractivity contribution < 1.29 is 81.9 Å². The van der Waals surface area contributed by atoms with Crippen LogP contribution in [0.5, 0.6) is 5.75 Å². The van der Waals surface area contributed by atoms with Crippen molar-refractivity contribution in [2.45, 2.75) is 23.6 Å². The predicted molar refractivity (Wildman–Crippen MR) is 145 cm³/mol. The Kier molecular flexibility index (Phi) is 10.5. The third-order valence-electron chi connectivity index (χ3n) is 5.54. The molecule has 0 saturated carbocycles. The molecule has 15 heteroatoms. The summed E-state index contributed by atoms with van der Waals surface area (Å²) in [7, 11) is -8.99. The van der Waals surface area contributed by atoms with Crippen LogP contribution in [0.1, 0.15) is 11.1 Å². The Labute approximate surface area is 278 Å². The summed E-state index contributed by atoms with van der Waals surface area (Å²) in [6, 6.07) is 20.1. The first kappa shape index (κ1) is 32.5. The molecule has 0 heterocycles. The molecule has 0 radical (unpaired) electrons. The number of rotatable bonds is 9. The topological polar surface area (TPSA) is 180 Å². The van der Waals surface area contributed by atoms with E-state index in [0.717, 1.165) is 17.7 Å². The molecule has 0 unspecified atom stereocenters. The molecule has 4 aromatic rings. The number of anilines is 2. The summed E-state index contributed by atoms with van der Waals surface area (Å²) < 4.78 is 65.2. The van der Waals surface area contributed by atoms with Gasteiger partial charge in [-0.25, -0.2) is 8.42 Å². The van der Waals surface area contributed by atoms with Crippen LogP contribution in [0.3, 0.4) is 0 Å². The number of non-ortho nitro benzene ring substituents is 1. The van der Waals surface area contributed by atoms with Crippen LogP contribution < -0.4 is 60.9 Å². The fraction of sp³-hybridized carbons (Fsp3) is 0.0769. The van der Waals surface area contributed by atoms with Gasteiger partial charge < -0.3 is 14.1 Å². The average molecular weight is 621 g/mol. The minimum absolute atomic E-state index is 0. The Morgan fingerprint density at radius 1 is 0.805 bits per heavy atom. The second-order valence-corrected chi connectivity index (χ2v) is 11.5. The molecule has 0 amide bonds. The number of nitrogens with zero attached hydrogens (tertiary/aromatic N) is 3. The van der Waals surface area contributed by atoms with Crippen LogP contribution in [-0.2, 0) is 20.2 Å². The predicted octanol–water partition coefficient (Wildman–Crippen LogP) is 3.05. The Morgan fingerprint density at radius 2 is 1.41 bits per heavy atom. The molecule has 0 atom stereocenters. The SMILES string of the molecule is Cc1ccc(S(=O)(=O)Oc2ccc(N=Nc3ccc(Nc4ccc([N+](=O)[O-])cc4S(=O)(=O)[O-])cc3)cc2C)cc1.[K+]. The van der Waals surface area contributed by atoms with Gasteiger partial charge in [-0.05, 0) is 80.1 Å². The first-order valence-corrected chi connectivity index (χ1v) is 14.3. The molecular formula is C26H21KN4O8S2. The monoisotopic (exact) mass is 620 g/mol. The smallest absolute Gasteiger partial charge is 0.744 e. The first-order valence-electron chi connectivity index (χ1n) is 11.5. The van der Waals surface area contributed by atoms with Crippen LogP contribution in [0.4, 0.5) is 28.4 Å². The van der Waals surface area contributed by atoms with Gasteiger partial charge in [0.05, 0.1) is 26.9 Å². The average Bonchev–Trinajstić information content (AvgIpc) is 2.89. The number of nitrogens with one attached hydrogen (secondary N) is 1. The Morgan fingerprint density at radius 3 is 2.00 bits per heavy atom. The van der Waals surface area contributed by atoms with E-state index in [-0.39, 0.29) is 67.7 Å². The minimum Gasteiger partial charge on any atom is -0.744 e. The van der Waals surface area contributed by atoms with Gasteiger partial charge in [-0.1, -0.05) is 17.7 Å². The third kappa shape index (κ3) is 8.49. The van der Waals surface area contributed by atoms with E-state index in [1.807, 2.05) is 6.92 Å². The van der Waals surface area contributed by atoms with Crippen LogP contribution >= 0.6 is 0 Å². The zero-order valence-electron chi connectivity index (χ0n) is 22.0.